The molecule has 74 valence electrons. The van der Waals surface area contributed by atoms with E-state index in [0.29, 0.717) is 6.54 Å². The van der Waals surface area contributed by atoms with Gasteiger partial charge in [-0.1, -0.05) is 6.07 Å². The van der Waals surface area contributed by atoms with E-state index in [0.717, 1.165) is 5.56 Å². The molecule has 0 saturated carbocycles. The third kappa shape index (κ3) is 2.53. The predicted molar refractivity (Wildman–Crippen MR) is 49.6 cm³/mol. The zero-order valence-electron chi connectivity index (χ0n) is 7.36. The van der Waals surface area contributed by atoms with Crippen molar-refractivity contribution in [3.8, 4) is 0 Å². The molecular weight excluding hydrogens is 184 g/mol. The Morgan fingerprint density at radius 2 is 2.29 bits per heavy atom. The van der Waals surface area contributed by atoms with E-state index in [1.54, 1.807) is 6.07 Å². The summed E-state index contributed by atoms with van der Waals surface area (Å²) < 4.78 is 4.34. The van der Waals surface area contributed by atoms with E-state index < -0.39 is 6.09 Å². The topological polar surface area (TPSA) is 115 Å². The van der Waals surface area contributed by atoms with Gasteiger partial charge in [0.05, 0.1) is 0 Å². The second kappa shape index (κ2) is 4.33. The number of ether oxygens (including phenoxy) is 1. The fourth-order valence-corrected chi connectivity index (χ4v) is 0.832. The standard InChI is InChI=1S/C8H10N4O2/c9-3-5-1-2-6(12-4-5)7(10)14-8(11)13/h1-2,4,10H,3,9H2,(H2,11,13). The third-order valence-electron chi connectivity index (χ3n) is 1.50. The summed E-state index contributed by atoms with van der Waals surface area (Å²) in [4.78, 5) is 14.2. The highest BCUT2D eigenvalue weighted by Crippen LogP contribution is 2.00. The van der Waals surface area contributed by atoms with Crippen molar-refractivity contribution < 1.29 is 9.53 Å². The maximum absolute atomic E-state index is 10.3. The number of hydrogen-bond donors (Lipinski definition) is 3. The molecule has 0 aliphatic rings. The smallest absolute Gasteiger partial charge is 0.390 e. The molecule has 6 heteroatoms. The van der Waals surface area contributed by atoms with Gasteiger partial charge in [-0.15, -0.1) is 0 Å². The summed E-state index contributed by atoms with van der Waals surface area (Å²) in [6.07, 6.45) is 0.480. The van der Waals surface area contributed by atoms with Gasteiger partial charge >= 0.3 is 6.09 Å². The molecule has 0 spiro atoms. The molecule has 1 amide bonds. The van der Waals surface area contributed by atoms with E-state index in [4.69, 9.17) is 16.9 Å². The number of carbonyl (C=O) groups is 1. The van der Waals surface area contributed by atoms with Crippen LogP contribution in [0.3, 0.4) is 0 Å². The molecule has 1 aromatic rings. The van der Waals surface area contributed by atoms with Crippen LogP contribution in [-0.2, 0) is 11.3 Å². The van der Waals surface area contributed by atoms with Crippen LogP contribution in [0, 0.1) is 5.41 Å². The van der Waals surface area contributed by atoms with Gasteiger partial charge in [-0.2, -0.15) is 0 Å². The second-order valence-electron chi connectivity index (χ2n) is 2.51. The Labute approximate surface area is 80.4 Å². The molecule has 14 heavy (non-hydrogen) atoms. The molecule has 0 fully saturated rings. The number of primary amides is 1. The summed E-state index contributed by atoms with van der Waals surface area (Å²) >= 11 is 0. The Morgan fingerprint density at radius 1 is 1.57 bits per heavy atom. The van der Waals surface area contributed by atoms with Crippen molar-refractivity contribution in [1.82, 2.24) is 4.98 Å². The molecule has 0 bridgehead atoms. The number of rotatable bonds is 2. The molecular formula is C8H10N4O2. The highest BCUT2D eigenvalue weighted by atomic mass is 16.6. The highest BCUT2D eigenvalue weighted by molar-refractivity contribution is 5.96. The molecule has 0 radical (unpaired) electrons. The molecule has 1 heterocycles. The molecule has 1 aromatic heterocycles. The Kier molecular flexibility index (Phi) is 3.14. The zero-order chi connectivity index (χ0) is 10.6. The van der Waals surface area contributed by atoms with Crippen molar-refractivity contribution in [3.63, 3.8) is 0 Å². The van der Waals surface area contributed by atoms with E-state index in [1.807, 2.05) is 0 Å². The number of nitrogens with two attached hydrogens (primary N) is 2. The number of hydrogen-bond acceptors (Lipinski definition) is 5. The first-order valence-corrected chi connectivity index (χ1v) is 3.84. The lowest BCUT2D eigenvalue weighted by Gasteiger charge is -2.02. The number of carbonyl (C=O) groups excluding carboxylic acids is 1. The lowest BCUT2D eigenvalue weighted by Crippen LogP contribution is -2.19. The molecule has 0 atom stereocenters. The maximum Gasteiger partial charge on any atom is 0.411 e. The fourth-order valence-electron chi connectivity index (χ4n) is 0.832. The van der Waals surface area contributed by atoms with Crippen LogP contribution in [0.1, 0.15) is 11.3 Å². The van der Waals surface area contributed by atoms with Crippen molar-refractivity contribution in [1.29, 1.82) is 5.41 Å². The van der Waals surface area contributed by atoms with E-state index in [2.05, 4.69) is 9.72 Å². The molecule has 6 nitrogen and oxygen atoms in total. The minimum Gasteiger partial charge on any atom is -0.390 e. The first kappa shape index (κ1) is 10.1. The number of pyridine rings is 1. The Hall–Kier alpha value is -1.95. The molecule has 0 unspecified atom stereocenters. The van der Waals surface area contributed by atoms with Gasteiger partial charge in [-0.05, 0) is 11.6 Å². The van der Waals surface area contributed by atoms with Crippen LogP contribution in [0.5, 0.6) is 0 Å². The Balaban J connectivity index is 2.76. The van der Waals surface area contributed by atoms with Crippen LogP contribution in [0.15, 0.2) is 18.3 Å². The minimum atomic E-state index is -1.03. The molecule has 1 rings (SSSR count). The van der Waals surface area contributed by atoms with E-state index in [9.17, 15) is 4.79 Å². The lowest BCUT2D eigenvalue weighted by atomic mass is 10.2. The summed E-state index contributed by atoms with van der Waals surface area (Å²) in [7, 11) is 0. The quantitative estimate of drug-likeness (QED) is 0.452. The van der Waals surface area contributed by atoms with Crippen LogP contribution in [-0.4, -0.2) is 17.0 Å². The van der Waals surface area contributed by atoms with Gasteiger partial charge in [0, 0.05) is 12.7 Å². The summed E-state index contributed by atoms with van der Waals surface area (Å²) in [5.74, 6) is -0.374. The zero-order valence-corrected chi connectivity index (χ0v) is 7.36. The molecule has 0 aliphatic heterocycles. The minimum absolute atomic E-state index is 0.237. The largest absolute Gasteiger partial charge is 0.411 e. The van der Waals surface area contributed by atoms with Crippen LogP contribution in [0.4, 0.5) is 4.79 Å². The van der Waals surface area contributed by atoms with E-state index in [-0.39, 0.29) is 11.6 Å². The summed E-state index contributed by atoms with van der Waals surface area (Å²) in [5.41, 5.74) is 11.2. The number of nitrogens with one attached hydrogen (secondary N) is 1. The SMILES string of the molecule is N=C(OC(N)=O)c1ccc(CN)cn1. The van der Waals surface area contributed by atoms with Crippen molar-refractivity contribution in [3.05, 3.63) is 29.6 Å². The molecule has 5 N–H and O–H groups in total. The van der Waals surface area contributed by atoms with Gasteiger partial charge in [0.15, 0.2) is 0 Å². The number of amides is 1. The van der Waals surface area contributed by atoms with Crippen LogP contribution >= 0.6 is 0 Å². The molecule has 0 saturated heterocycles. The lowest BCUT2D eigenvalue weighted by molar-refractivity contribution is 0.207. The summed E-state index contributed by atoms with van der Waals surface area (Å²) in [6, 6.07) is 3.23. The normalized spacial score (nSPS) is 9.50. The number of nitrogens with zero attached hydrogens (tertiary/aromatic N) is 1. The van der Waals surface area contributed by atoms with Gasteiger partial charge in [0.1, 0.15) is 5.69 Å². The molecule has 0 aliphatic carbocycles. The van der Waals surface area contributed by atoms with Gasteiger partial charge in [0.25, 0.3) is 0 Å². The molecule has 0 aromatic carbocycles. The first-order valence-electron chi connectivity index (χ1n) is 3.84. The van der Waals surface area contributed by atoms with Crippen LogP contribution < -0.4 is 11.5 Å². The average Bonchev–Trinajstić information content (AvgIpc) is 2.17. The van der Waals surface area contributed by atoms with Crippen LogP contribution in [0.2, 0.25) is 0 Å². The number of aromatic nitrogens is 1. The van der Waals surface area contributed by atoms with Gasteiger partial charge in [-0.3, -0.25) is 10.4 Å². The predicted octanol–water partition coefficient (Wildman–Crippen LogP) is -0.0390. The average molecular weight is 194 g/mol. The highest BCUT2D eigenvalue weighted by Gasteiger charge is 2.06. The maximum atomic E-state index is 10.3. The van der Waals surface area contributed by atoms with E-state index >= 15 is 0 Å². The van der Waals surface area contributed by atoms with Gasteiger partial charge in [-0.25, -0.2) is 4.79 Å². The monoisotopic (exact) mass is 194 g/mol. The third-order valence-corrected chi connectivity index (χ3v) is 1.50. The Bertz CT molecular complexity index is 347. The van der Waals surface area contributed by atoms with E-state index in [1.165, 1.54) is 12.3 Å². The van der Waals surface area contributed by atoms with Crippen molar-refractivity contribution >= 4 is 12.0 Å². The van der Waals surface area contributed by atoms with Crippen molar-refractivity contribution in [2.24, 2.45) is 11.5 Å². The van der Waals surface area contributed by atoms with Gasteiger partial charge < -0.3 is 16.2 Å². The summed E-state index contributed by atoms with van der Waals surface area (Å²) in [6.45, 7) is 0.372. The van der Waals surface area contributed by atoms with Crippen molar-refractivity contribution in [2.75, 3.05) is 0 Å². The van der Waals surface area contributed by atoms with Gasteiger partial charge in [0.2, 0.25) is 5.90 Å². The van der Waals surface area contributed by atoms with Crippen molar-refractivity contribution in [2.45, 2.75) is 6.54 Å². The second-order valence-corrected chi connectivity index (χ2v) is 2.51. The summed E-state index contributed by atoms with van der Waals surface area (Å²) in [5, 5.41) is 7.27. The Morgan fingerprint density at radius 3 is 2.71 bits per heavy atom. The van der Waals surface area contributed by atoms with Crippen LogP contribution in [0.25, 0.3) is 0 Å². The first-order chi connectivity index (χ1) is 6.63. The fraction of sp³-hybridized carbons (Fsp3) is 0.125.